The van der Waals surface area contributed by atoms with Crippen LogP contribution in [0.4, 0.5) is 10.9 Å². The second-order valence-corrected chi connectivity index (χ2v) is 8.74. The minimum Gasteiger partial charge on any atom is -0.497 e. The lowest BCUT2D eigenvalue weighted by Gasteiger charge is -2.21. The first-order chi connectivity index (χ1) is 16.0. The highest BCUT2D eigenvalue weighted by Gasteiger charge is 2.24. The number of carbonyl (C=O) groups excluding carboxylic acids is 1. The van der Waals surface area contributed by atoms with Crippen molar-refractivity contribution in [3.8, 4) is 5.75 Å². The highest BCUT2D eigenvalue weighted by atomic mass is 32.1. The number of thiophene rings is 1. The van der Waals surface area contributed by atoms with Crippen LogP contribution in [0.3, 0.4) is 0 Å². The van der Waals surface area contributed by atoms with Crippen molar-refractivity contribution in [2.45, 2.75) is 33.2 Å². The average Bonchev–Trinajstić information content (AvgIpc) is 3.47. The number of aromatic nitrogens is 2. The first-order valence-corrected chi connectivity index (χ1v) is 11.5. The molecule has 0 radical (unpaired) electrons. The van der Waals surface area contributed by atoms with Crippen molar-refractivity contribution in [3.05, 3.63) is 87.9 Å². The highest BCUT2D eigenvalue weighted by molar-refractivity contribution is 7.16. The number of amides is 1. The van der Waals surface area contributed by atoms with E-state index in [4.69, 9.17) is 9.15 Å². The summed E-state index contributed by atoms with van der Waals surface area (Å²) in [6.45, 7) is 5.98. The summed E-state index contributed by atoms with van der Waals surface area (Å²) in [7, 11) is 1.64. The van der Waals surface area contributed by atoms with Gasteiger partial charge in [-0.25, -0.2) is 9.97 Å². The Morgan fingerprint density at radius 2 is 1.85 bits per heavy atom. The fourth-order valence-corrected chi connectivity index (χ4v) is 4.60. The summed E-state index contributed by atoms with van der Waals surface area (Å²) in [5.74, 6) is 1.27. The molecule has 0 spiro atoms. The largest absolute Gasteiger partial charge is 0.497 e. The summed E-state index contributed by atoms with van der Waals surface area (Å²) in [5.41, 5.74) is 3.69. The maximum Gasteiger partial charge on any atom is 0.291 e. The van der Waals surface area contributed by atoms with Crippen LogP contribution in [0.2, 0.25) is 0 Å². The van der Waals surface area contributed by atoms with Crippen molar-refractivity contribution in [1.29, 1.82) is 0 Å². The number of nitrogens with one attached hydrogen (secondary N) is 2. The Balaban J connectivity index is 1.77. The van der Waals surface area contributed by atoms with Gasteiger partial charge in [-0.3, -0.25) is 4.79 Å². The van der Waals surface area contributed by atoms with Crippen molar-refractivity contribution in [2.24, 2.45) is 0 Å². The van der Waals surface area contributed by atoms with E-state index in [9.17, 15) is 4.79 Å². The van der Waals surface area contributed by atoms with Crippen molar-refractivity contribution >= 4 is 28.2 Å². The number of aryl methyl sites for hydroxylation is 3. The topological polar surface area (TPSA) is 89.3 Å². The number of anilines is 2. The molecule has 0 aliphatic heterocycles. The van der Waals surface area contributed by atoms with Gasteiger partial charge in [0, 0.05) is 21.8 Å². The third-order valence-electron chi connectivity index (χ3n) is 5.15. The third-order valence-corrected chi connectivity index (χ3v) is 6.36. The average molecular weight is 463 g/mol. The van der Waals surface area contributed by atoms with Gasteiger partial charge in [-0.05, 0) is 62.2 Å². The summed E-state index contributed by atoms with van der Waals surface area (Å²) in [6, 6.07) is 14.9. The molecule has 170 valence electrons. The van der Waals surface area contributed by atoms with Gasteiger partial charge >= 0.3 is 0 Å². The zero-order valence-corrected chi connectivity index (χ0v) is 19.8. The second-order valence-electron chi connectivity index (χ2n) is 7.61. The monoisotopic (exact) mass is 462 g/mol. The van der Waals surface area contributed by atoms with Gasteiger partial charge in [0.25, 0.3) is 5.91 Å². The zero-order chi connectivity index (χ0) is 23.4. The molecule has 33 heavy (non-hydrogen) atoms. The molecule has 0 saturated carbocycles. The Morgan fingerprint density at radius 1 is 1.12 bits per heavy atom. The summed E-state index contributed by atoms with van der Waals surface area (Å²) in [5, 5.41) is 7.27. The summed E-state index contributed by atoms with van der Waals surface area (Å²) in [4.78, 5) is 23.1. The Morgan fingerprint density at radius 3 is 2.45 bits per heavy atom. The molecule has 4 rings (SSSR count). The van der Waals surface area contributed by atoms with Crippen LogP contribution in [0.1, 0.15) is 50.9 Å². The SMILES string of the molecule is CCc1cc(C(Nc2nc(C)cc(C)n2)c2ccc(OC)cc2)c(NC(=O)c2ccco2)s1. The Labute approximate surface area is 196 Å². The molecular formula is C25H26N4O3S. The minimum absolute atomic E-state index is 0.263. The van der Waals surface area contributed by atoms with Crippen LogP contribution in [0.15, 0.2) is 59.2 Å². The number of benzene rings is 1. The third kappa shape index (κ3) is 5.23. The standard InChI is InChI=1S/C25H26N4O3S/c1-5-19-14-20(24(33-19)29-23(30)21-7-6-12-32-21)22(17-8-10-18(31-4)11-9-17)28-25-26-15(2)13-16(3)27-25/h6-14,22H,5H2,1-4H3,(H,29,30)(H,26,27,28). The molecule has 0 aliphatic rings. The van der Waals surface area contributed by atoms with Gasteiger partial charge in [0.15, 0.2) is 5.76 Å². The quantitative estimate of drug-likeness (QED) is 0.345. The van der Waals surface area contributed by atoms with E-state index in [1.54, 1.807) is 30.6 Å². The van der Waals surface area contributed by atoms with E-state index in [2.05, 4.69) is 33.6 Å². The van der Waals surface area contributed by atoms with Gasteiger partial charge in [0.2, 0.25) is 5.95 Å². The van der Waals surface area contributed by atoms with E-state index in [-0.39, 0.29) is 17.7 Å². The van der Waals surface area contributed by atoms with E-state index < -0.39 is 0 Å². The molecule has 3 heterocycles. The van der Waals surface area contributed by atoms with E-state index in [0.29, 0.717) is 5.95 Å². The number of hydrogen-bond acceptors (Lipinski definition) is 7. The Bertz CT molecular complexity index is 1210. The lowest BCUT2D eigenvalue weighted by atomic mass is 9.99. The van der Waals surface area contributed by atoms with Crippen LogP contribution < -0.4 is 15.4 Å². The number of hydrogen-bond donors (Lipinski definition) is 2. The molecule has 1 aromatic carbocycles. The molecule has 2 N–H and O–H groups in total. The van der Waals surface area contributed by atoms with Crippen LogP contribution >= 0.6 is 11.3 Å². The molecule has 7 nitrogen and oxygen atoms in total. The van der Waals surface area contributed by atoms with Gasteiger partial charge < -0.3 is 19.8 Å². The fraction of sp³-hybridized carbons (Fsp3) is 0.240. The number of ether oxygens (including phenoxy) is 1. The van der Waals surface area contributed by atoms with Gasteiger partial charge in [-0.1, -0.05) is 19.1 Å². The molecule has 1 unspecified atom stereocenters. The Hall–Kier alpha value is -3.65. The normalized spacial score (nSPS) is 11.8. The molecule has 8 heteroatoms. The number of rotatable bonds is 8. The van der Waals surface area contributed by atoms with Crippen molar-refractivity contribution in [1.82, 2.24) is 9.97 Å². The van der Waals surface area contributed by atoms with Gasteiger partial charge in [0.1, 0.15) is 10.8 Å². The fourth-order valence-electron chi connectivity index (χ4n) is 3.57. The number of furan rings is 1. The van der Waals surface area contributed by atoms with E-state index in [1.807, 2.05) is 44.2 Å². The predicted molar refractivity (Wildman–Crippen MR) is 130 cm³/mol. The lowest BCUT2D eigenvalue weighted by Crippen LogP contribution is -2.18. The van der Waals surface area contributed by atoms with Gasteiger partial charge in [-0.2, -0.15) is 0 Å². The van der Waals surface area contributed by atoms with Crippen molar-refractivity contribution in [2.75, 3.05) is 17.7 Å². The maximum atomic E-state index is 12.8. The minimum atomic E-state index is -0.291. The smallest absolute Gasteiger partial charge is 0.291 e. The van der Waals surface area contributed by atoms with Crippen molar-refractivity contribution in [3.63, 3.8) is 0 Å². The van der Waals surface area contributed by atoms with Crippen LogP contribution in [0.5, 0.6) is 5.75 Å². The molecule has 0 saturated heterocycles. The van der Waals surface area contributed by atoms with Crippen LogP contribution in [-0.4, -0.2) is 23.0 Å². The molecule has 0 fully saturated rings. The summed E-state index contributed by atoms with van der Waals surface area (Å²) in [6.07, 6.45) is 2.34. The molecule has 1 amide bonds. The van der Waals surface area contributed by atoms with Crippen LogP contribution in [-0.2, 0) is 6.42 Å². The summed E-state index contributed by atoms with van der Waals surface area (Å²) < 4.78 is 10.6. The van der Waals surface area contributed by atoms with Gasteiger partial charge in [0.05, 0.1) is 19.4 Å². The first kappa shape index (κ1) is 22.5. The van der Waals surface area contributed by atoms with Gasteiger partial charge in [-0.15, -0.1) is 11.3 Å². The summed E-state index contributed by atoms with van der Waals surface area (Å²) >= 11 is 1.55. The predicted octanol–water partition coefficient (Wildman–Crippen LogP) is 5.77. The molecular weight excluding hydrogens is 436 g/mol. The highest BCUT2D eigenvalue weighted by Crippen LogP contribution is 2.38. The molecule has 0 aliphatic carbocycles. The van der Waals surface area contributed by atoms with Crippen molar-refractivity contribution < 1.29 is 13.9 Å². The van der Waals surface area contributed by atoms with Crippen LogP contribution in [0, 0.1) is 13.8 Å². The second kappa shape index (κ2) is 9.87. The molecule has 4 aromatic rings. The number of nitrogens with zero attached hydrogens (tertiary/aromatic N) is 2. The molecule has 1 atom stereocenters. The molecule has 0 bridgehead atoms. The number of carbonyl (C=O) groups is 1. The van der Waals surface area contributed by atoms with E-state index in [1.165, 1.54) is 6.26 Å². The van der Waals surface area contributed by atoms with E-state index >= 15 is 0 Å². The lowest BCUT2D eigenvalue weighted by molar-refractivity contribution is 0.0997. The van der Waals surface area contributed by atoms with E-state index in [0.717, 1.165) is 44.6 Å². The van der Waals surface area contributed by atoms with Crippen LogP contribution in [0.25, 0.3) is 0 Å². The Kier molecular flexibility index (Phi) is 6.74. The molecule has 3 aromatic heterocycles. The number of methoxy groups -OCH3 is 1. The zero-order valence-electron chi connectivity index (χ0n) is 19.0. The first-order valence-electron chi connectivity index (χ1n) is 10.7. The maximum absolute atomic E-state index is 12.8.